The third-order valence-corrected chi connectivity index (χ3v) is 11.8. The van der Waals surface area contributed by atoms with Crippen molar-refractivity contribution in [3.63, 3.8) is 0 Å². The van der Waals surface area contributed by atoms with E-state index in [2.05, 4.69) is 74.1 Å². The second-order valence-corrected chi connectivity index (χ2v) is 12.0. The Bertz CT molecular complexity index is 1010. The van der Waals surface area contributed by atoms with Crippen molar-refractivity contribution in [2.45, 2.75) is 74.0 Å². The van der Waals surface area contributed by atoms with Crippen LogP contribution in [-0.2, 0) is 6.42 Å². The van der Waals surface area contributed by atoms with E-state index in [-0.39, 0.29) is 10.8 Å². The molecule has 0 amide bonds. The first-order valence-corrected chi connectivity index (χ1v) is 12.9. The van der Waals surface area contributed by atoms with Crippen LogP contribution < -0.4 is 4.74 Å². The molecular formula is C28H34O2S. The van der Waals surface area contributed by atoms with E-state index in [0.29, 0.717) is 23.0 Å². The van der Waals surface area contributed by atoms with E-state index in [1.54, 1.807) is 12.7 Å². The smallest absolute Gasteiger partial charge is 0.119 e. The summed E-state index contributed by atoms with van der Waals surface area (Å²) < 4.78 is 5.52. The number of aryl methyl sites for hydroxylation is 1. The Kier molecular flexibility index (Phi) is 4.41. The quantitative estimate of drug-likeness (QED) is 0.601. The average molecular weight is 435 g/mol. The zero-order valence-corrected chi connectivity index (χ0v) is 19.8. The number of thioether (sulfide) groups is 1. The van der Waals surface area contributed by atoms with Gasteiger partial charge in [-0.25, -0.2) is 0 Å². The van der Waals surface area contributed by atoms with Gasteiger partial charge < -0.3 is 9.84 Å². The summed E-state index contributed by atoms with van der Waals surface area (Å²) >= 11 is 2.06. The molecule has 6 rings (SSSR count). The lowest BCUT2D eigenvalue weighted by Crippen LogP contribution is -2.54. The summed E-state index contributed by atoms with van der Waals surface area (Å²) in [6.45, 7) is 4.81. The van der Waals surface area contributed by atoms with E-state index >= 15 is 0 Å². The van der Waals surface area contributed by atoms with Gasteiger partial charge in [-0.15, -0.1) is 11.8 Å². The van der Waals surface area contributed by atoms with Crippen LogP contribution in [0, 0.1) is 22.7 Å². The summed E-state index contributed by atoms with van der Waals surface area (Å²) in [6.07, 6.45) is 6.90. The predicted octanol–water partition coefficient (Wildman–Crippen LogP) is 6.46. The first kappa shape index (κ1) is 20.2. The standard InChI is InChI=1S/C28H34O2S/c1-18-25(31-21-7-5-4-6-8-21)27-15-16-28(18,29)26(27,2)14-13-23-22-11-10-20(30-3)17-19(22)9-12-24(23)27/h4-8,10-11,17-18,23-25,29H,9,12-16H2,1-3H3/t18-,23+,24+,25-,26-,27+,28-/m0/s1. The minimum Gasteiger partial charge on any atom is -0.497 e. The van der Waals surface area contributed by atoms with Gasteiger partial charge in [0.05, 0.1) is 12.7 Å². The molecule has 0 aromatic heterocycles. The summed E-state index contributed by atoms with van der Waals surface area (Å²) in [7, 11) is 1.77. The Balaban J connectivity index is 1.46. The van der Waals surface area contributed by atoms with Crippen molar-refractivity contribution in [1.82, 2.24) is 0 Å². The van der Waals surface area contributed by atoms with Crippen LogP contribution in [0.1, 0.15) is 63.0 Å². The highest BCUT2D eigenvalue weighted by atomic mass is 32.2. The molecule has 2 aromatic carbocycles. The highest BCUT2D eigenvalue weighted by Crippen LogP contribution is 2.81. The Hall–Kier alpha value is -1.45. The number of hydrogen-bond acceptors (Lipinski definition) is 3. The van der Waals surface area contributed by atoms with Crippen molar-refractivity contribution in [3.05, 3.63) is 59.7 Å². The maximum atomic E-state index is 12.1. The topological polar surface area (TPSA) is 29.5 Å². The molecule has 2 aromatic rings. The number of aliphatic hydroxyl groups is 1. The lowest BCUT2D eigenvalue weighted by Gasteiger charge is -2.58. The molecule has 2 bridgehead atoms. The Morgan fingerprint density at radius 1 is 1.03 bits per heavy atom. The molecule has 164 valence electrons. The van der Waals surface area contributed by atoms with Gasteiger partial charge in [0.15, 0.2) is 0 Å². The van der Waals surface area contributed by atoms with Crippen LogP contribution in [0.25, 0.3) is 0 Å². The number of fused-ring (bicyclic) bond motifs is 3. The zero-order valence-electron chi connectivity index (χ0n) is 18.9. The Morgan fingerprint density at radius 2 is 1.84 bits per heavy atom. The molecule has 3 fully saturated rings. The fraction of sp³-hybridized carbons (Fsp3) is 0.571. The van der Waals surface area contributed by atoms with Crippen LogP contribution in [0.4, 0.5) is 0 Å². The van der Waals surface area contributed by atoms with Crippen molar-refractivity contribution in [2.75, 3.05) is 7.11 Å². The first-order chi connectivity index (χ1) is 14.9. The molecule has 3 heteroatoms. The molecule has 0 aliphatic heterocycles. The first-order valence-electron chi connectivity index (χ1n) is 12.1. The van der Waals surface area contributed by atoms with Crippen LogP contribution in [0.3, 0.4) is 0 Å². The average Bonchev–Trinajstić information content (AvgIpc) is 3.12. The van der Waals surface area contributed by atoms with E-state index in [1.165, 1.54) is 29.7 Å². The van der Waals surface area contributed by atoms with E-state index < -0.39 is 5.60 Å². The van der Waals surface area contributed by atoms with Crippen molar-refractivity contribution >= 4 is 11.8 Å². The van der Waals surface area contributed by atoms with Gasteiger partial charge in [0, 0.05) is 15.6 Å². The Morgan fingerprint density at radius 3 is 2.61 bits per heavy atom. The summed E-state index contributed by atoms with van der Waals surface area (Å²) in [5.74, 6) is 2.59. The summed E-state index contributed by atoms with van der Waals surface area (Å²) in [4.78, 5) is 1.36. The molecule has 7 atom stereocenters. The maximum Gasteiger partial charge on any atom is 0.119 e. The molecular weight excluding hydrogens is 400 g/mol. The van der Waals surface area contributed by atoms with Gasteiger partial charge in [-0.05, 0) is 97.1 Å². The third kappa shape index (κ3) is 2.40. The fourth-order valence-electron chi connectivity index (χ4n) is 8.78. The van der Waals surface area contributed by atoms with Gasteiger partial charge >= 0.3 is 0 Å². The third-order valence-electron chi connectivity index (χ3n) is 10.2. The highest BCUT2D eigenvalue weighted by molar-refractivity contribution is 8.00. The van der Waals surface area contributed by atoms with Crippen molar-refractivity contribution < 1.29 is 9.84 Å². The predicted molar refractivity (Wildman–Crippen MR) is 127 cm³/mol. The molecule has 4 aliphatic rings. The molecule has 3 saturated carbocycles. The summed E-state index contributed by atoms with van der Waals surface area (Å²) in [5.41, 5.74) is 2.77. The number of ether oxygens (including phenoxy) is 1. The largest absolute Gasteiger partial charge is 0.497 e. The molecule has 4 aliphatic carbocycles. The maximum absolute atomic E-state index is 12.1. The SMILES string of the molecule is COc1ccc2c(c1)CC[C@@H]1[C@@H]2CC[C@@]2(C)[C@]13CC[C@]2(O)[C@@H](C)[C@@H]3Sc1ccccc1. The lowest BCUT2D eigenvalue weighted by atomic mass is 9.48. The van der Waals surface area contributed by atoms with Crippen molar-refractivity contribution in [2.24, 2.45) is 22.7 Å². The minimum absolute atomic E-state index is 0.0248. The number of rotatable bonds is 3. The number of hydrogen-bond donors (Lipinski definition) is 1. The van der Waals surface area contributed by atoms with Crippen LogP contribution in [0.15, 0.2) is 53.4 Å². The fourth-order valence-corrected chi connectivity index (χ4v) is 10.6. The summed E-state index contributed by atoms with van der Waals surface area (Å²) in [6, 6.07) is 17.7. The molecule has 0 spiro atoms. The monoisotopic (exact) mass is 434 g/mol. The Labute approximate surface area is 190 Å². The molecule has 31 heavy (non-hydrogen) atoms. The molecule has 2 nitrogen and oxygen atoms in total. The van der Waals surface area contributed by atoms with E-state index in [9.17, 15) is 5.11 Å². The molecule has 0 radical (unpaired) electrons. The zero-order chi connectivity index (χ0) is 21.4. The highest BCUT2D eigenvalue weighted by Gasteiger charge is 2.79. The number of methoxy groups -OCH3 is 1. The van der Waals surface area contributed by atoms with E-state index in [4.69, 9.17) is 4.74 Å². The molecule has 0 saturated heterocycles. The van der Waals surface area contributed by atoms with E-state index in [0.717, 1.165) is 25.0 Å². The van der Waals surface area contributed by atoms with Gasteiger partial charge in [0.1, 0.15) is 5.75 Å². The van der Waals surface area contributed by atoms with Gasteiger partial charge in [-0.2, -0.15) is 0 Å². The van der Waals surface area contributed by atoms with Gasteiger partial charge in [0.2, 0.25) is 0 Å². The van der Waals surface area contributed by atoms with Crippen LogP contribution in [0.5, 0.6) is 5.75 Å². The van der Waals surface area contributed by atoms with Gasteiger partial charge in [-0.3, -0.25) is 0 Å². The number of benzene rings is 2. The van der Waals surface area contributed by atoms with Crippen LogP contribution in [0.2, 0.25) is 0 Å². The second kappa shape index (κ2) is 6.78. The minimum atomic E-state index is -0.523. The van der Waals surface area contributed by atoms with Crippen molar-refractivity contribution in [1.29, 1.82) is 0 Å². The molecule has 0 heterocycles. The van der Waals surface area contributed by atoms with E-state index in [1.807, 2.05) is 0 Å². The lowest BCUT2D eigenvalue weighted by molar-refractivity contribution is -0.110. The summed E-state index contributed by atoms with van der Waals surface area (Å²) in [5, 5.41) is 12.6. The normalized spacial score (nSPS) is 42.6. The van der Waals surface area contributed by atoms with Gasteiger partial charge in [0.25, 0.3) is 0 Å². The van der Waals surface area contributed by atoms with Crippen LogP contribution in [-0.4, -0.2) is 23.1 Å². The second-order valence-electron chi connectivity index (χ2n) is 10.8. The van der Waals surface area contributed by atoms with Crippen molar-refractivity contribution in [3.8, 4) is 5.75 Å². The molecule has 0 unspecified atom stereocenters. The van der Waals surface area contributed by atoms with Crippen LogP contribution >= 0.6 is 11.8 Å². The van der Waals surface area contributed by atoms with Gasteiger partial charge in [-0.1, -0.05) is 38.1 Å². The molecule has 1 N–H and O–H groups in total.